The van der Waals surface area contributed by atoms with Crippen LogP contribution in [0, 0.1) is 0 Å². The van der Waals surface area contributed by atoms with Gasteiger partial charge in [0.2, 0.25) is 0 Å². The SMILES string of the molecule is CCCCCC(O)CO.O=C(O)C(O)C(O)C(=O)O. The van der Waals surface area contributed by atoms with Gasteiger partial charge >= 0.3 is 11.9 Å². The molecule has 6 N–H and O–H groups in total. The van der Waals surface area contributed by atoms with Crippen molar-refractivity contribution in [2.45, 2.75) is 50.9 Å². The second-order valence-electron chi connectivity index (χ2n) is 3.90. The summed E-state index contributed by atoms with van der Waals surface area (Å²) in [6.45, 7) is 2.02. The third-order valence-corrected chi connectivity index (χ3v) is 2.16. The van der Waals surface area contributed by atoms with E-state index in [0.717, 1.165) is 25.7 Å². The summed E-state index contributed by atoms with van der Waals surface area (Å²) in [5.41, 5.74) is 0. The summed E-state index contributed by atoms with van der Waals surface area (Å²) < 4.78 is 0. The molecule has 3 atom stereocenters. The van der Waals surface area contributed by atoms with E-state index >= 15 is 0 Å². The van der Waals surface area contributed by atoms with Crippen molar-refractivity contribution in [2.24, 2.45) is 0 Å². The number of carboxylic acid groups (broad SMARTS) is 2. The molecule has 0 bridgehead atoms. The van der Waals surface area contributed by atoms with Gasteiger partial charge in [-0.25, -0.2) is 9.59 Å². The molecule has 8 heteroatoms. The molecular weight excluding hydrogens is 260 g/mol. The van der Waals surface area contributed by atoms with Gasteiger partial charge in [-0.15, -0.1) is 0 Å². The predicted molar refractivity (Wildman–Crippen MR) is 64.5 cm³/mol. The van der Waals surface area contributed by atoms with Crippen molar-refractivity contribution in [1.29, 1.82) is 0 Å². The van der Waals surface area contributed by atoms with Crippen LogP contribution in [0.2, 0.25) is 0 Å². The number of unbranched alkanes of at least 4 members (excludes halogenated alkanes) is 2. The van der Waals surface area contributed by atoms with Gasteiger partial charge in [0.15, 0.2) is 12.2 Å². The second kappa shape index (κ2) is 11.8. The molecule has 0 aromatic rings. The Balaban J connectivity index is 0. The van der Waals surface area contributed by atoms with Crippen LogP contribution in [0.3, 0.4) is 0 Å². The molecule has 19 heavy (non-hydrogen) atoms. The highest BCUT2D eigenvalue weighted by Crippen LogP contribution is 2.01. The Bertz CT molecular complexity index is 237. The topological polar surface area (TPSA) is 156 Å². The molecule has 8 nitrogen and oxygen atoms in total. The minimum Gasteiger partial charge on any atom is -0.479 e. The molecule has 3 unspecified atom stereocenters. The summed E-state index contributed by atoms with van der Waals surface area (Å²) in [7, 11) is 0. The standard InChI is InChI=1S/C7H16O2.C4H6O6/c1-2-3-4-5-7(9)6-8;5-1(3(7)8)2(6)4(9)10/h7-9H,2-6H2,1H3;1-2,5-6H,(H,7,8)(H,9,10). The Morgan fingerprint density at radius 1 is 0.947 bits per heavy atom. The Kier molecular flexibility index (Phi) is 12.5. The van der Waals surface area contributed by atoms with Gasteiger partial charge in [-0.1, -0.05) is 26.2 Å². The van der Waals surface area contributed by atoms with Crippen molar-refractivity contribution in [3.05, 3.63) is 0 Å². The van der Waals surface area contributed by atoms with Crippen molar-refractivity contribution in [3.8, 4) is 0 Å². The van der Waals surface area contributed by atoms with E-state index in [4.69, 9.17) is 30.6 Å². The zero-order valence-corrected chi connectivity index (χ0v) is 10.8. The van der Waals surface area contributed by atoms with Crippen molar-refractivity contribution in [3.63, 3.8) is 0 Å². The fraction of sp³-hybridized carbons (Fsp3) is 0.818. The average Bonchev–Trinajstić information content (AvgIpc) is 2.37. The molecule has 0 radical (unpaired) electrons. The highest BCUT2D eigenvalue weighted by molar-refractivity contribution is 5.83. The maximum Gasteiger partial charge on any atom is 0.335 e. The summed E-state index contributed by atoms with van der Waals surface area (Å²) in [4.78, 5) is 19.5. The average molecular weight is 282 g/mol. The number of hydrogen-bond donors (Lipinski definition) is 6. The third-order valence-electron chi connectivity index (χ3n) is 2.16. The molecule has 0 saturated heterocycles. The number of aliphatic carboxylic acids is 2. The molecule has 0 spiro atoms. The second-order valence-corrected chi connectivity index (χ2v) is 3.90. The monoisotopic (exact) mass is 282 g/mol. The molecule has 0 aromatic carbocycles. The van der Waals surface area contributed by atoms with Crippen LogP contribution < -0.4 is 0 Å². The van der Waals surface area contributed by atoms with Crippen molar-refractivity contribution in [2.75, 3.05) is 6.61 Å². The summed E-state index contributed by atoms with van der Waals surface area (Å²) in [5, 5.41) is 49.7. The number of rotatable bonds is 8. The normalized spacial score (nSPS) is 14.8. The summed E-state index contributed by atoms with van der Waals surface area (Å²) in [6, 6.07) is 0. The lowest BCUT2D eigenvalue weighted by Crippen LogP contribution is -2.39. The maximum atomic E-state index is 9.77. The van der Waals surface area contributed by atoms with E-state index < -0.39 is 30.3 Å². The summed E-state index contributed by atoms with van der Waals surface area (Å²) in [6.07, 6.45) is -0.941. The first-order valence-corrected chi connectivity index (χ1v) is 5.88. The van der Waals surface area contributed by atoms with E-state index in [1.807, 2.05) is 0 Å². The first kappa shape index (κ1) is 20.1. The molecule has 0 saturated carbocycles. The first-order valence-electron chi connectivity index (χ1n) is 5.88. The lowest BCUT2D eigenvalue weighted by Gasteiger charge is -2.07. The van der Waals surface area contributed by atoms with Crippen LogP contribution in [0.5, 0.6) is 0 Å². The number of hydrogen-bond acceptors (Lipinski definition) is 6. The van der Waals surface area contributed by atoms with Gasteiger partial charge < -0.3 is 30.6 Å². The van der Waals surface area contributed by atoms with Crippen LogP contribution in [0.4, 0.5) is 0 Å². The summed E-state index contributed by atoms with van der Waals surface area (Å²) >= 11 is 0. The van der Waals surface area contributed by atoms with Gasteiger partial charge in [0, 0.05) is 0 Å². The predicted octanol–water partition coefficient (Wildman–Crippen LogP) is -1.20. The van der Waals surface area contributed by atoms with E-state index in [0.29, 0.717) is 0 Å². The molecular formula is C11H22O8. The van der Waals surface area contributed by atoms with E-state index in [-0.39, 0.29) is 6.61 Å². The Labute approximate surface area is 110 Å². The molecule has 0 aliphatic rings. The minimum atomic E-state index is -2.27. The van der Waals surface area contributed by atoms with Crippen LogP contribution in [0.1, 0.15) is 32.6 Å². The highest BCUT2D eigenvalue weighted by Gasteiger charge is 2.29. The lowest BCUT2D eigenvalue weighted by atomic mass is 10.1. The number of carbonyl (C=O) groups is 2. The van der Waals surface area contributed by atoms with Crippen LogP contribution >= 0.6 is 0 Å². The minimum absolute atomic E-state index is 0.0935. The first-order chi connectivity index (χ1) is 8.77. The molecule has 0 amide bonds. The Morgan fingerprint density at radius 2 is 1.37 bits per heavy atom. The number of aliphatic hydroxyl groups is 4. The molecule has 114 valence electrons. The van der Waals surface area contributed by atoms with Crippen molar-refractivity contribution >= 4 is 11.9 Å². The molecule has 0 heterocycles. The van der Waals surface area contributed by atoms with E-state index in [9.17, 15) is 9.59 Å². The highest BCUT2D eigenvalue weighted by atomic mass is 16.4. The number of carboxylic acids is 2. The maximum absolute atomic E-state index is 9.77. The van der Waals surface area contributed by atoms with Gasteiger partial charge in [-0.05, 0) is 6.42 Å². The van der Waals surface area contributed by atoms with E-state index in [1.165, 1.54) is 0 Å². The Morgan fingerprint density at radius 3 is 1.63 bits per heavy atom. The van der Waals surface area contributed by atoms with Crippen molar-refractivity contribution in [1.82, 2.24) is 0 Å². The Hall–Kier alpha value is -1.22. The molecule has 0 aliphatic carbocycles. The van der Waals surface area contributed by atoms with Gasteiger partial charge in [0.1, 0.15) is 0 Å². The smallest absolute Gasteiger partial charge is 0.335 e. The van der Waals surface area contributed by atoms with Crippen LogP contribution in [0.25, 0.3) is 0 Å². The van der Waals surface area contributed by atoms with Crippen LogP contribution in [0.15, 0.2) is 0 Å². The van der Waals surface area contributed by atoms with Gasteiger partial charge in [0.05, 0.1) is 12.7 Å². The fourth-order valence-electron chi connectivity index (χ4n) is 0.991. The molecule has 0 fully saturated rings. The molecule has 0 rings (SSSR count). The number of aliphatic hydroxyl groups excluding tert-OH is 4. The zero-order chi connectivity index (χ0) is 15.4. The fourth-order valence-corrected chi connectivity index (χ4v) is 0.991. The van der Waals surface area contributed by atoms with Gasteiger partial charge in [-0.3, -0.25) is 0 Å². The van der Waals surface area contributed by atoms with Crippen molar-refractivity contribution < 1.29 is 40.2 Å². The quantitative estimate of drug-likeness (QED) is 0.303. The van der Waals surface area contributed by atoms with Crippen LogP contribution in [-0.4, -0.2) is 67.5 Å². The molecule has 0 aliphatic heterocycles. The van der Waals surface area contributed by atoms with E-state index in [1.54, 1.807) is 0 Å². The molecule has 0 aromatic heterocycles. The third kappa shape index (κ3) is 11.6. The van der Waals surface area contributed by atoms with Gasteiger partial charge in [-0.2, -0.15) is 0 Å². The zero-order valence-electron chi connectivity index (χ0n) is 10.8. The van der Waals surface area contributed by atoms with Gasteiger partial charge in [0.25, 0.3) is 0 Å². The van der Waals surface area contributed by atoms with Crippen LogP contribution in [-0.2, 0) is 9.59 Å². The largest absolute Gasteiger partial charge is 0.479 e. The van der Waals surface area contributed by atoms with E-state index in [2.05, 4.69) is 6.92 Å². The summed E-state index contributed by atoms with van der Waals surface area (Å²) in [5.74, 6) is -3.54. The lowest BCUT2D eigenvalue weighted by molar-refractivity contribution is -0.165.